The molecule has 1 saturated carbocycles. The van der Waals surface area contributed by atoms with Crippen molar-refractivity contribution in [3.8, 4) is 0 Å². The molecule has 5 heteroatoms. The third kappa shape index (κ3) is 3.03. The van der Waals surface area contributed by atoms with Crippen molar-refractivity contribution in [1.29, 1.82) is 0 Å². The number of rotatable bonds is 3. The van der Waals surface area contributed by atoms with Crippen molar-refractivity contribution < 1.29 is 9.59 Å². The maximum absolute atomic E-state index is 12.6. The van der Waals surface area contributed by atoms with Crippen LogP contribution in [-0.4, -0.2) is 23.9 Å². The Morgan fingerprint density at radius 1 is 1.18 bits per heavy atom. The number of amides is 2. The second kappa shape index (κ2) is 6.39. The Kier molecular flexibility index (Phi) is 4.50. The van der Waals surface area contributed by atoms with Gasteiger partial charge in [-0.2, -0.15) is 0 Å². The summed E-state index contributed by atoms with van der Waals surface area (Å²) < 4.78 is 0. The standard InChI is InChI=1S/C17H21ClN2O2/c1-11-7-8-13(9-14(11)18)20-16(21)10-15(17(20)22)19-12-5-3-2-4-6-12/h7-9,12,15,19H,2-6,10H2,1H3/t15-/m1/s1. The topological polar surface area (TPSA) is 49.4 Å². The van der Waals surface area contributed by atoms with Crippen LogP contribution in [0, 0.1) is 6.92 Å². The molecule has 118 valence electrons. The third-order valence-corrected chi connectivity index (χ3v) is 5.01. The van der Waals surface area contributed by atoms with Crippen LogP contribution < -0.4 is 10.2 Å². The van der Waals surface area contributed by atoms with E-state index >= 15 is 0 Å². The van der Waals surface area contributed by atoms with Gasteiger partial charge in [0.1, 0.15) is 0 Å². The van der Waals surface area contributed by atoms with E-state index in [-0.39, 0.29) is 18.2 Å². The summed E-state index contributed by atoms with van der Waals surface area (Å²) in [6.45, 7) is 1.90. The lowest BCUT2D eigenvalue weighted by Crippen LogP contribution is -2.44. The number of nitrogens with zero attached hydrogens (tertiary/aromatic N) is 1. The van der Waals surface area contributed by atoms with Crippen molar-refractivity contribution >= 4 is 29.1 Å². The number of halogens is 1. The molecule has 3 rings (SSSR count). The van der Waals surface area contributed by atoms with Crippen LogP contribution in [0.2, 0.25) is 5.02 Å². The molecule has 1 atom stereocenters. The second-order valence-corrected chi connectivity index (χ2v) is 6.67. The number of hydrogen-bond acceptors (Lipinski definition) is 3. The van der Waals surface area contributed by atoms with Crippen LogP contribution in [0.5, 0.6) is 0 Å². The molecule has 2 aliphatic rings. The van der Waals surface area contributed by atoms with E-state index in [2.05, 4.69) is 5.32 Å². The van der Waals surface area contributed by atoms with E-state index in [1.165, 1.54) is 24.2 Å². The number of carbonyl (C=O) groups excluding carboxylic acids is 2. The number of aryl methyl sites for hydroxylation is 1. The number of imide groups is 1. The van der Waals surface area contributed by atoms with Crippen LogP contribution in [0.1, 0.15) is 44.1 Å². The molecule has 1 aromatic rings. The zero-order valence-electron chi connectivity index (χ0n) is 12.8. The van der Waals surface area contributed by atoms with Gasteiger partial charge in [-0.1, -0.05) is 36.9 Å². The Balaban J connectivity index is 1.74. The summed E-state index contributed by atoms with van der Waals surface area (Å²) in [4.78, 5) is 26.1. The van der Waals surface area contributed by atoms with Crippen LogP contribution in [0.25, 0.3) is 0 Å². The Bertz CT molecular complexity index is 596. The number of carbonyl (C=O) groups is 2. The smallest absolute Gasteiger partial charge is 0.251 e. The highest BCUT2D eigenvalue weighted by atomic mass is 35.5. The van der Waals surface area contributed by atoms with Gasteiger partial charge in [-0.25, -0.2) is 4.90 Å². The first kappa shape index (κ1) is 15.5. The van der Waals surface area contributed by atoms with E-state index in [1.54, 1.807) is 12.1 Å². The normalized spacial score (nSPS) is 23.4. The molecule has 0 bridgehead atoms. The van der Waals surface area contributed by atoms with Crippen LogP contribution in [0.4, 0.5) is 5.69 Å². The lowest BCUT2D eigenvalue weighted by Gasteiger charge is -2.25. The quantitative estimate of drug-likeness (QED) is 0.870. The van der Waals surface area contributed by atoms with E-state index < -0.39 is 6.04 Å². The van der Waals surface area contributed by atoms with Gasteiger partial charge in [0.25, 0.3) is 5.91 Å². The van der Waals surface area contributed by atoms with Crippen LogP contribution in [-0.2, 0) is 9.59 Å². The fourth-order valence-corrected chi connectivity index (χ4v) is 3.48. The number of benzene rings is 1. The predicted molar refractivity (Wildman–Crippen MR) is 87.1 cm³/mol. The Morgan fingerprint density at radius 2 is 1.91 bits per heavy atom. The van der Waals surface area contributed by atoms with Crippen LogP contribution in [0.3, 0.4) is 0 Å². The number of hydrogen-bond donors (Lipinski definition) is 1. The highest BCUT2D eigenvalue weighted by Gasteiger charge is 2.40. The summed E-state index contributed by atoms with van der Waals surface area (Å²) in [6.07, 6.45) is 6.08. The van der Waals surface area contributed by atoms with Gasteiger partial charge in [-0.05, 0) is 37.5 Å². The molecule has 2 amide bonds. The largest absolute Gasteiger partial charge is 0.303 e. The molecule has 1 saturated heterocycles. The lowest BCUT2D eigenvalue weighted by atomic mass is 9.95. The molecule has 1 aliphatic heterocycles. The molecular weight excluding hydrogens is 300 g/mol. The number of nitrogens with one attached hydrogen (secondary N) is 1. The third-order valence-electron chi connectivity index (χ3n) is 4.60. The summed E-state index contributed by atoms with van der Waals surface area (Å²) in [5.41, 5.74) is 1.50. The highest BCUT2D eigenvalue weighted by molar-refractivity contribution is 6.32. The first-order valence-corrected chi connectivity index (χ1v) is 8.33. The first-order valence-electron chi connectivity index (χ1n) is 7.95. The molecule has 22 heavy (non-hydrogen) atoms. The maximum Gasteiger partial charge on any atom is 0.251 e. The van der Waals surface area contributed by atoms with Crippen LogP contribution >= 0.6 is 11.6 Å². The monoisotopic (exact) mass is 320 g/mol. The molecule has 1 N–H and O–H groups in total. The lowest BCUT2D eigenvalue weighted by molar-refractivity contribution is -0.121. The van der Waals surface area contributed by atoms with Gasteiger partial charge in [0.2, 0.25) is 5.91 Å². The molecule has 0 unspecified atom stereocenters. The zero-order chi connectivity index (χ0) is 15.7. The summed E-state index contributed by atoms with van der Waals surface area (Å²) in [5, 5.41) is 3.95. The Labute approximate surface area is 135 Å². The van der Waals surface area contributed by atoms with E-state index in [9.17, 15) is 9.59 Å². The minimum Gasteiger partial charge on any atom is -0.303 e. The maximum atomic E-state index is 12.6. The average molecular weight is 321 g/mol. The van der Waals surface area contributed by atoms with Gasteiger partial charge in [0.05, 0.1) is 18.2 Å². The SMILES string of the molecule is Cc1ccc(N2C(=O)C[C@@H](NC3CCCCC3)C2=O)cc1Cl. The minimum atomic E-state index is -0.393. The average Bonchev–Trinajstić information content (AvgIpc) is 2.78. The van der Waals surface area contributed by atoms with E-state index in [0.717, 1.165) is 18.4 Å². The van der Waals surface area contributed by atoms with Crippen molar-refractivity contribution in [2.24, 2.45) is 0 Å². The molecule has 1 aromatic carbocycles. The van der Waals surface area contributed by atoms with Gasteiger partial charge >= 0.3 is 0 Å². The van der Waals surface area contributed by atoms with Crippen molar-refractivity contribution in [3.05, 3.63) is 28.8 Å². The van der Waals surface area contributed by atoms with Crippen molar-refractivity contribution in [3.63, 3.8) is 0 Å². The molecule has 2 fully saturated rings. The summed E-state index contributed by atoms with van der Waals surface area (Å²) in [5.74, 6) is -0.311. The van der Waals surface area contributed by atoms with Gasteiger partial charge in [-0.3, -0.25) is 9.59 Å². The molecule has 0 aromatic heterocycles. The van der Waals surface area contributed by atoms with E-state index in [4.69, 9.17) is 11.6 Å². The Hall–Kier alpha value is -1.39. The first-order chi connectivity index (χ1) is 10.6. The fourth-order valence-electron chi connectivity index (χ4n) is 3.31. The summed E-state index contributed by atoms with van der Waals surface area (Å²) in [6, 6.07) is 5.27. The van der Waals surface area contributed by atoms with E-state index in [1.807, 2.05) is 13.0 Å². The van der Waals surface area contributed by atoms with Gasteiger partial charge in [0, 0.05) is 11.1 Å². The summed E-state index contributed by atoms with van der Waals surface area (Å²) >= 11 is 6.11. The Morgan fingerprint density at radius 3 is 2.59 bits per heavy atom. The zero-order valence-corrected chi connectivity index (χ0v) is 13.5. The van der Waals surface area contributed by atoms with Gasteiger partial charge in [0.15, 0.2) is 0 Å². The summed E-state index contributed by atoms with van der Waals surface area (Å²) in [7, 11) is 0. The van der Waals surface area contributed by atoms with Crippen molar-refractivity contribution in [1.82, 2.24) is 5.32 Å². The molecular formula is C17H21ClN2O2. The highest BCUT2D eigenvalue weighted by Crippen LogP contribution is 2.28. The van der Waals surface area contributed by atoms with Crippen LogP contribution in [0.15, 0.2) is 18.2 Å². The number of anilines is 1. The molecule has 1 heterocycles. The molecule has 1 aliphatic carbocycles. The molecule has 4 nitrogen and oxygen atoms in total. The van der Waals surface area contributed by atoms with E-state index in [0.29, 0.717) is 16.8 Å². The van der Waals surface area contributed by atoms with Crippen molar-refractivity contribution in [2.45, 2.75) is 57.5 Å². The molecule has 0 spiro atoms. The molecule has 0 radical (unpaired) electrons. The minimum absolute atomic E-state index is 0.154. The fraction of sp³-hybridized carbons (Fsp3) is 0.529. The van der Waals surface area contributed by atoms with Crippen molar-refractivity contribution in [2.75, 3.05) is 4.90 Å². The van der Waals surface area contributed by atoms with Gasteiger partial charge in [-0.15, -0.1) is 0 Å². The second-order valence-electron chi connectivity index (χ2n) is 6.26. The van der Waals surface area contributed by atoms with Gasteiger partial charge < -0.3 is 5.32 Å². The predicted octanol–water partition coefficient (Wildman–Crippen LogP) is 3.20.